The molecule has 1 amide bonds. The average molecular weight is 291 g/mol. The van der Waals surface area contributed by atoms with Crippen LogP contribution in [-0.4, -0.2) is 39.0 Å². The second-order valence-electron chi connectivity index (χ2n) is 4.66. The third-order valence-electron chi connectivity index (χ3n) is 3.25. The number of alkyl halides is 3. The van der Waals surface area contributed by atoms with E-state index in [1.54, 1.807) is 0 Å². The number of carbonyl (C=O) groups is 2. The Balaban J connectivity index is 2.65. The van der Waals surface area contributed by atoms with Crippen LogP contribution in [0.15, 0.2) is 6.20 Å². The lowest BCUT2D eigenvalue weighted by atomic mass is 10.0. The second-order valence-corrected chi connectivity index (χ2v) is 4.66. The Labute approximate surface area is 111 Å². The summed E-state index contributed by atoms with van der Waals surface area (Å²) in [5.41, 5.74) is -0.416. The molecule has 0 saturated heterocycles. The predicted octanol–water partition coefficient (Wildman–Crippen LogP) is 1.83. The number of anilines is 1. The van der Waals surface area contributed by atoms with Gasteiger partial charge in [-0.25, -0.2) is 9.48 Å². The SMILES string of the molecule is CC(=O)N1c2c(C(=O)O)cnn2[C@@H](C(F)(F)F)C[C@H]1C. The maximum atomic E-state index is 13.0. The van der Waals surface area contributed by atoms with Crippen molar-refractivity contribution in [2.75, 3.05) is 4.90 Å². The summed E-state index contributed by atoms with van der Waals surface area (Å²) in [6, 6.07) is -2.70. The molecular weight excluding hydrogens is 279 g/mol. The van der Waals surface area contributed by atoms with Gasteiger partial charge in [0.1, 0.15) is 11.4 Å². The Hall–Kier alpha value is -2.06. The molecule has 1 aliphatic rings. The van der Waals surface area contributed by atoms with Crippen LogP contribution < -0.4 is 4.90 Å². The monoisotopic (exact) mass is 291 g/mol. The van der Waals surface area contributed by atoms with Crippen molar-refractivity contribution >= 4 is 17.7 Å². The van der Waals surface area contributed by atoms with Gasteiger partial charge in [-0.1, -0.05) is 0 Å². The summed E-state index contributed by atoms with van der Waals surface area (Å²) in [7, 11) is 0. The number of carboxylic acids is 1. The van der Waals surface area contributed by atoms with E-state index in [9.17, 15) is 22.8 Å². The molecule has 0 fully saturated rings. The highest BCUT2D eigenvalue weighted by atomic mass is 19.4. The Morgan fingerprint density at radius 2 is 2.05 bits per heavy atom. The molecule has 0 saturated carbocycles. The largest absolute Gasteiger partial charge is 0.477 e. The van der Waals surface area contributed by atoms with Gasteiger partial charge in [0, 0.05) is 13.0 Å². The fraction of sp³-hybridized carbons (Fsp3) is 0.545. The van der Waals surface area contributed by atoms with Gasteiger partial charge in [0.05, 0.1) is 6.20 Å². The van der Waals surface area contributed by atoms with Crippen molar-refractivity contribution in [1.29, 1.82) is 0 Å². The molecule has 9 heteroatoms. The van der Waals surface area contributed by atoms with Gasteiger partial charge in [-0.3, -0.25) is 9.69 Å². The highest BCUT2D eigenvalue weighted by Crippen LogP contribution is 2.42. The first-order valence-corrected chi connectivity index (χ1v) is 5.82. The van der Waals surface area contributed by atoms with Gasteiger partial charge in [-0.15, -0.1) is 0 Å². The standard InChI is InChI=1S/C11H12F3N3O3/c1-5-3-8(11(12,13)14)17-9(16(5)6(2)18)7(4-15-17)10(19)20/h4-5,8H,3H2,1-2H3,(H,19,20)/t5-,8-/m1/s1. The number of nitrogens with zero attached hydrogens (tertiary/aromatic N) is 3. The molecule has 0 bridgehead atoms. The third-order valence-corrected chi connectivity index (χ3v) is 3.25. The maximum absolute atomic E-state index is 13.0. The molecule has 20 heavy (non-hydrogen) atoms. The summed E-state index contributed by atoms with van der Waals surface area (Å²) < 4.78 is 39.6. The summed E-state index contributed by atoms with van der Waals surface area (Å²) >= 11 is 0. The summed E-state index contributed by atoms with van der Waals surface area (Å²) in [5, 5.41) is 12.5. The average Bonchev–Trinajstić information content (AvgIpc) is 2.69. The van der Waals surface area contributed by atoms with Gasteiger partial charge >= 0.3 is 12.1 Å². The molecule has 2 heterocycles. The van der Waals surface area contributed by atoms with Crippen molar-refractivity contribution in [1.82, 2.24) is 9.78 Å². The van der Waals surface area contributed by atoms with E-state index in [0.29, 0.717) is 4.68 Å². The summed E-state index contributed by atoms with van der Waals surface area (Å²) in [6.45, 7) is 2.62. The van der Waals surface area contributed by atoms with Crippen LogP contribution in [0.5, 0.6) is 0 Å². The van der Waals surface area contributed by atoms with E-state index in [2.05, 4.69) is 5.10 Å². The molecule has 2 atom stereocenters. The molecule has 0 radical (unpaired) electrons. The molecular formula is C11H12F3N3O3. The molecule has 1 aromatic rings. The van der Waals surface area contributed by atoms with Gasteiger partial charge in [0.2, 0.25) is 5.91 Å². The number of amides is 1. The molecule has 0 spiro atoms. The quantitative estimate of drug-likeness (QED) is 0.856. The van der Waals surface area contributed by atoms with E-state index >= 15 is 0 Å². The number of carboxylic acid groups (broad SMARTS) is 1. The number of rotatable bonds is 1. The zero-order valence-electron chi connectivity index (χ0n) is 10.7. The third kappa shape index (κ3) is 2.12. The smallest absolute Gasteiger partial charge is 0.410 e. The Morgan fingerprint density at radius 3 is 2.50 bits per heavy atom. The molecule has 0 aliphatic carbocycles. The number of hydrogen-bond acceptors (Lipinski definition) is 3. The van der Waals surface area contributed by atoms with Crippen LogP contribution in [-0.2, 0) is 4.79 Å². The molecule has 110 valence electrons. The van der Waals surface area contributed by atoms with Gasteiger partial charge in [-0.05, 0) is 13.3 Å². The van der Waals surface area contributed by atoms with Crippen molar-refractivity contribution in [2.24, 2.45) is 0 Å². The summed E-state index contributed by atoms with van der Waals surface area (Å²) in [4.78, 5) is 23.7. The number of aromatic nitrogens is 2. The minimum atomic E-state index is -4.56. The van der Waals surface area contributed by atoms with Crippen molar-refractivity contribution < 1.29 is 27.9 Å². The fourth-order valence-corrected chi connectivity index (χ4v) is 2.44. The molecule has 0 aromatic carbocycles. The van der Waals surface area contributed by atoms with Crippen LogP contribution in [0.4, 0.5) is 19.0 Å². The van der Waals surface area contributed by atoms with E-state index in [0.717, 1.165) is 11.1 Å². The zero-order valence-corrected chi connectivity index (χ0v) is 10.7. The zero-order chi connectivity index (χ0) is 15.2. The minimum Gasteiger partial charge on any atom is -0.477 e. The lowest BCUT2D eigenvalue weighted by molar-refractivity contribution is -0.174. The maximum Gasteiger partial charge on any atom is 0.410 e. The molecule has 1 N–H and O–H groups in total. The van der Waals surface area contributed by atoms with E-state index in [-0.39, 0.29) is 12.2 Å². The lowest BCUT2D eigenvalue weighted by Gasteiger charge is -2.38. The number of fused-ring (bicyclic) bond motifs is 1. The number of aromatic carboxylic acids is 1. The number of hydrogen-bond donors (Lipinski definition) is 1. The summed E-state index contributed by atoms with van der Waals surface area (Å²) in [5.74, 6) is -2.26. The van der Waals surface area contributed by atoms with Crippen LogP contribution in [0.2, 0.25) is 0 Å². The van der Waals surface area contributed by atoms with E-state index < -0.39 is 35.7 Å². The Bertz CT molecular complexity index is 567. The normalized spacial score (nSPS) is 22.6. The highest BCUT2D eigenvalue weighted by Gasteiger charge is 2.49. The van der Waals surface area contributed by atoms with Crippen LogP contribution in [0.1, 0.15) is 36.7 Å². The van der Waals surface area contributed by atoms with Gasteiger partial charge in [-0.2, -0.15) is 18.3 Å². The fourth-order valence-electron chi connectivity index (χ4n) is 2.44. The van der Waals surface area contributed by atoms with Crippen molar-refractivity contribution in [3.05, 3.63) is 11.8 Å². The lowest BCUT2D eigenvalue weighted by Crippen LogP contribution is -2.48. The topological polar surface area (TPSA) is 75.4 Å². The minimum absolute atomic E-state index is 0.314. The van der Waals surface area contributed by atoms with E-state index in [1.807, 2.05) is 0 Å². The van der Waals surface area contributed by atoms with Crippen molar-refractivity contribution in [3.8, 4) is 0 Å². The van der Waals surface area contributed by atoms with Gasteiger partial charge < -0.3 is 5.11 Å². The molecule has 1 aromatic heterocycles. The first kappa shape index (κ1) is 14.4. The van der Waals surface area contributed by atoms with Crippen molar-refractivity contribution in [2.45, 2.75) is 38.5 Å². The molecule has 6 nitrogen and oxygen atoms in total. The predicted molar refractivity (Wildman–Crippen MR) is 61.5 cm³/mol. The Kier molecular flexibility index (Phi) is 3.23. The first-order chi connectivity index (χ1) is 9.14. The van der Waals surface area contributed by atoms with E-state index in [4.69, 9.17) is 5.11 Å². The van der Waals surface area contributed by atoms with Crippen LogP contribution in [0.3, 0.4) is 0 Å². The molecule has 0 unspecified atom stereocenters. The molecule has 1 aliphatic heterocycles. The van der Waals surface area contributed by atoms with Crippen molar-refractivity contribution in [3.63, 3.8) is 0 Å². The van der Waals surface area contributed by atoms with E-state index in [1.165, 1.54) is 13.8 Å². The van der Waals surface area contributed by atoms with Gasteiger partial charge in [0.15, 0.2) is 6.04 Å². The second kappa shape index (κ2) is 4.50. The molecule has 2 rings (SSSR count). The van der Waals surface area contributed by atoms with Crippen LogP contribution in [0.25, 0.3) is 0 Å². The van der Waals surface area contributed by atoms with Gasteiger partial charge in [0.25, 0.3) is 0 Å². The summed E-state index contributed by atoms with van der Waals surface area (Å²) in [6.07, 6.45) is -4.09. The van der Waals surface area contributed by atoms with Crippen LogP contribution in [0, 0.1) is 0 Å². The Morgan fingerprint density at radius 1 is 1.45 bits per heavy atom. The first-order valence-electron chi connectivity index (χ1n) is 5.82. The van der Waals surface area contributed by atoms with Crippen LogP contribution >= 0.6 is 0 Å². The highest BCUT2D eigenvalue weighted by molar-refractivity contribution is 6.00. The number of carbonyl (C=O) groups excluding carboxylic acids is 1. The number of halogens is 3.